The van der Waals surface area contributed by atoms with Crippen molar-refractivity contribution >= 4 is 42.3 Å². The summed E-state index contributed by atoms with van der Waals surface area (Å²) in [6.45, 7) is 11.7. The maximum Gasteiger partial charge on any atom is 0.494 e. The van der Waals surface area contributed by atoms with Crippen molar-refractivity contribution < 1.29 is 42.6 Å². The summed E-state index contributed by atoms with van der Waals surface area (Å²) in [6.07, 6.45) is -2.79. The van der Waals surface area contributed by atoms with E-state index in [1.54, 1.807) is 12.1 Å². The van der Waals surface area contributed by atoms with E-state index in [0.29, 0.717) is 5.75 Å². The Kier molecular flexibility index (Phi) is 7.89. The molecule has 2 aliphatic heterocycles. The lowest BCUT2D eigenvalue weighted by atomic mass is 9.79. The van der Waals surface area contributed by atoms with Gasteiger partial charge in [-0.05, 0) is 45.3 Å². The van der Waals surface area contributed by atoms with E-state index in [0.717, 1.165) is 5.46 Å². The summed E-state index contributed by atoms with van der Waals surface area (Å²) in [6, 6.07) is 7.26. The van der Waals surface area contributed by atoms with Crippen LogP contribution < -0.4 is 10.2 Å². The van der Waals surface area contributed by atoms with Crippen molar-refractivity contribution in [3.63, 3.8) is 0 Å². The number of ether oxygens (including phenoxy) is 4. The minimum atomic E-state index is -1.01. The van der Waals surface area contributed by atoms with E-state index in [9.17, 15) is 14.4 Å². The van der Waals surface area contributed by atoms with Crippen LogP contribution in [0.15, 0.2) is 24.3 Å². The minimum absolute atomic E-state index is 0.289. The Hall–Kier alpha value is -2.24. The molecule has 0 aliphatic carbocycles. The highest BCUT2D eigenvalue weighted by Gasteiger charge is 2.52. The van der Waals surface area contributed by atoms with Gasteiger partial charge in [-0.2, -0.15) is 0 Å². The summed E-state index contributed by atoms with van der Waals surface area (Å²) in [5.41, 5.74) is -0.919. The molecule has 2 heterocycles. The van der Waals surface area contributed by atoms with Crippen LogP contribution in [0.5, 0.6) is 5.75 Å². The third-order valence-electron chi connectivity index (χ3n) is 5.94. The van der Waals surface area contributed by atoms with Gasteiger partial charge in [0.2, 0.25) is 0 Å². The molecule has 1 aromatic rings. The lowest BCUT2D eigenvalue weighted by Gasteiger charge is -2.39. The molecule has 2 fully saturated rings. The number of esters is 3. The van der Waals surface area contributed by atoms with Crippen LogP contribution in [0.4, 0.5) is 0 Å². The predicted octanol–water partition coefficient (Wildman–Crippen LogP) is 2.23. The van der Waals surface area contributed by atoms with Crippen LogP contribution in [-0.2, 0) is 37.9 Å². The number of benzene rings is 1. The van der Waals surface area contributed by atoms with Gasteiger partial charge in [-0.15, -0.1) is 11.8 Å². The molecule has 11 heteroatoms. The molecule has 2 aliphatic rings. The molecule has 0 amide bonds. The summed E-state index contributed by atoms with van der Waals surface area (Å²) in [5.74, 6) is -0.914. The second-order valence-electron chi connectivity index (χ2n) is 9.28. The average Bonchev–Trinajstić information content (AvgIpc) is 2.93. The lowest BCUT2D eigenvalue weighted by Crippen LogP contribution is -2.55. The first-order valence-corrected chi connectivity index (χ1v) is 12.1. The maximum atomic E-state index is 11.9. The van der Waals surface area contributed by atoms with E-state index in [-0.39, 0.29) is 5.75 Å². The zero-order valence-corrected chi connectivity index (χ0v) is 21.3. The molecule has 4 atom stereocenters. The summed E-state index contributed by atoms with van der Waals surface area (Å²) in [5, 5.41) is 0. The van der Waals surface area contributed by atoms with Gasteiger partial charge in [0.15, 0.2) is 23.7 Å². The molecule has 0 N–H and O–H groups in total. The fraction of sp³-hybridized carbons (Fsp3) is 0.609. The Morgan fingerprint density at radius 2 is 1.47 bits per heavy atom. The Bertz CT molecular complexity index is 919. The first kappa shape index (κ1) is 26.4. The average molecular weight is 494 g/mol. The smallest absolute Gasteiger partial charge is 0.476 e. The van der Waals surface area contributed by atoms with Crippen molar-refractivity contribution in [2.24, 2.45) is 0 Å². The molecule has 3 rings (SSSR count). The Balaban J connectivity index is 1.83. The van der Waals surface area contributed by atoms with Crippen LogP contribution in [0.25, 0.3) is 0 Å². The summed E-state index contributed by atoms with van der Waals surface area (Å²) in [4.78, 5) is 35.2. The first-order valence-electron chi connectivity index (χ1n) is 11.0. The van der Waals surface area contributed by atoms with Crippen molar-refractivity contribution in [1.29, 1.82) is 0 Å². The van der Waals surface area contributed by atoms with Crippen LogP contribution >= 0.6 is 11.8 Å². The van der Waals surface area contributed by atoms with Gasteiger partial charge in [0.1, 0.15) is 5.75 Å². The standard InChI is InChI=1S/C23H31BO9S/c1-13(25)28-18-12-34-21(20(30-15(3)27)19(18)29-14(2)26)31-17-10-8-9-16(11-17)24-32-22(4,5)23(6,7)33-24/h8-11,18-21H,12H2,1-7H3/t18-,19+,20-,21-/m1/s1. The molecule has 9 nitrogen and oxygen atoms in total. The zero-order chi connectivity index (χ0) is 25.3. The predicted molar refractivity (Wildman–Crippen MR) is 126 cm³/mol. The van der Waals surface area contributed by atoms with E-state index in [1.807, 2.05) is 39.8 Å². The Labute approximate surface area is 204 Å². The summed E-state index contributed by atoms with van der Waals surface area (Å²) < 4.78 is 34.6. The topological polar surface area (TPSA) is 107 Å². The molecule has 0 aromatic heterocycles. The molecular weight excluding hydrogens is 463 g/mol. The van der Waals surface area contributed by atoms with Gasteiger partial charge in [0.05, 0.1) is 11.2 Å². The molecule has 1 aromatic carbocycles. The normalized spacial score (nSPS) is 27.6. The highest BCUT2D eigenvalue weighted by molar-refractivity contribution is 7.99. The molecule has 0 unspecified atom stereocenters. The Morgan fingerprint density at radius 1 is 0.912 bits per heavy atom. The number of hydrogen-bond donors (Lipinski definition) is 0. The van der Waals surface area contributed by atoms with Crippen molar-refractivity contribution in [1.82, 2.24) is 0 Å². The number of thioether (sulfide) groups is 1. The number of carbonyl (C=O) groups is 3. The number of rotatable bonds is 6. The fourth-order valence-electron chi connectivity index (χ4n) is 3.66. The van der Waals surface area contributed by atoms with Crippen LogP contribution in [0.2, 0.25) is 0 Å². The molecule has 0 saturated carbocycles. The summed E-state index contributed by atoms with van der Waals surface area (Å²) in [7, 11) is -0.570. The molecule has 0 radical (unpaired) electrons. The minimum Gasteiger partial charge on any atom is -0.476 e. The molecule has 0 spiro atoms. The zero-order valence-electron chi connectivity index (χ0n) is 20.5. The molecular formula is C23H31BO9S. The second kappa shape index (κ2) is 10.2. The van der Waals surface area contributed by atoms with Crippen LogP contribution in [0.3, 0.4) is 0 Å². The Morgan fingerprint density at radius 3 is 2.03 bits per heavy atom. The fourth-order valence-corrected chi connectivity index (χ4v) is 4.87. The van der Waals surface area contributed by atoms with E-state index < -0.39 is 60.0 Å². The van der Waals surface area contributed by atoms with Crippen molar-refractivity contribution in [2.75, 3.05) is 5.75 Å². The van der Waals surface area contributed by atoms with Gasteiger partial charge in [-0.25, -0.2) is 0 Å². The molecule has 34 heavy (non-hydrogen) atoms. The quantitative estimate of drug-likeness (QED) is 0.332. The summed E-state index contributed by atoms with van der Waals surface area (Å²) >= 11 is 1.30. The van der Waals surface area contributed by atoms with Gasteiger partial charge in [-0.1, -0.05) is 12.1 Å². The number of carbonyl (C=O) groups excluding carboxylic acids is 3. The molecule has 186 valence electrons. The van der Waals surface area contributed by atoms with E-state index in [2.05, 4.69) is 0 Å². The van der Waals surface area contributed by atoms with E-state index in [1.165, 1.54) is 32.5 Å². The first-order chi connectivity index (χ1) is 15.8. The van der Waals surface area contributed by atoms with Gasteiger partial charge in [-0.3, -0.25) is 14.4 Å². The van der Waals surface area contributed by atoms with E-state index >= 15 is 0 Å². The van der Waals surface area contributed by atoms with Gasteiger partial charge in [0.25, 0.3) is 0 Å². The number of hydrogen-bond acceptors (Lipinski definition) is 10. The maximum absolute atomic E-state index is 11.9. The lowest BCUT2D eigenvalue weighted by molar-refractivity contribution is -0.186. The third-order valence-corrected chi connectivity index (χ3v) is 7.15. The van der Waals surface area contributed by atoms with Crippen LogP contribution in [-0.4, -0.2) is 65.7 Å². The third kappa shape index (κ3) is 6.06. The van der Waals surface area contributed by atoms with E-state index in [4.69, 9.17) is 28.3 Å². The van der Waals surface area contributed by atoms with Crippen molar-refractivity contribution in [3.8, 4) is 5.75 Å². The molecule has 0 bridgehead atoms. The van der Waals surface area contributed by atoms with Gasteiger partial charge in [0, 0.05) is 26.5 Å². The highest BCUT2D eigenvalue weighted by atomic mass is 32.2. The van der Waals surface area contributed by atoms with Crippen LogP contribution in [0.1, 0.15) is 48.5 Å². The largest absolute Gasteiger partial charge is 0.494 e. The highest BCUT2D eigenvalue weighted by Crippen LogP contribution is 2.37. The van der Waals surface area contributed by atoms with Crippen LogP contribution in [0, 0.1) is 0 Å². The SMILES string of the molecule is CC(=O)O[C@@H]1[C@@H](OC(C)=O)[C@H](OC(C)=O)CS[C@H]1Oc1cccc(B2OC(C)(C)C(C)(C)O2)c1. The van der Waals surface area contributed by atoms with Gasteiger partial charge < -0.3 is 28.3 Å². The van der Waals surface area contributed by atoms with Crippen molar-refractivity contribution in [2.45, 2.75) is 83.4 Å². The van der Waals surface area contributed by atoms with Crippen molar-refractivity contribution in [3.05, 3.63) is 24.3 Å². The molecule has 2 saturated heterocycles. The second-order valence-corrected chi connectivity index (χ2v) is 10.4. The van der Waals surface area contributed by atoms with Gasteiger partial charge >= 0.3 is 25.0 Å². The monoisotopic (exact) mass is 494 g/mol.